The quantitative estimate of drug-likeness (QED) is 0.803. The van der Waals surface area contributed by atoms with Crippen LogP contribution in [0.25, 0.3) is 0 Å². The molecule has 2 rings (SSSR count). The molecule has 6 heteroatoms. The molecular weight excluding hydrogens is 300 g/mol. The zero-order chi connectivity index (χ0) is 15.9. The van der Waals surface area contributed by atoms with Crippen LogP contribution in [0.3, 0.4) is 0 Å². The van der Waals surface area contributed by atoms with Gasteiger partial charge in [-0.3, -0.25) is 9.48 Å². The van der Waals surface area contributed by atoms with E-state index in [2.05, 4.69) is 21.7 Å². The van der Waals surface area contributed by atoms with Crippen LogP contribution < -0.4 is 10.6 Å². The Bertz CT molecular complexity index is 672. The third-order valence-electron chi connectivity index (χ3n) is 3.03. The van der Waals surface area contributed by atoms with E-state index in [0.717, 1.165) is 11.3 Å². The fourth-order valence-corrected chi connectivity index (χ4v) is 2.03. The van der Waals surface area contributed by atoms with Crippen molar-refractivity contribution in [3.05, 3.63) is 47.2 Å². The van der Waals surface area contributed by atoms with Gasteiger partial charge in [0.25, 0.3) is 0 Å². The van der Waals surface area contributed by atoms with Gasteiger partial charge in [0.1, 0.15) is 6.04 Å². The highest BCUT2D eigenvalue weighted by atomic mass is 35.5. The van der Waals surface area contributed by atoms with Crippen LogP contribution in [-0.4, -0.2) is 28.3 Å². The maximum atomic E-state index is 11.7. The summed E-state index contributed by atoms with van der Waals surface area (Å²) in [5, 5.41) is 10.7. The Balaban J connectivity index is 1.92. The second-order valence-corrected chi connectivity index (χ2v) is 5.28. The number of halogens is 1. The van der Waals surface area contributed by atoms with Gasteiger partial charge in [-0.1, -0.05) is 29.7 Å². The standard InChI is InChI=1S/C16H17ClN4O/c1-3-8-18-16(22)12(2)20-15-9-19-21(11-15)10-13-4-6-14(17)7-5-13/h1,4-7,9,11-12,20H,8,10H2,2H3,(H,18,22)/t12-/m1/s1. The van der Waals surface area contributed by atoms with Crippen molar-refractivity contribution in [3.63, 3.8) is 0 Å². The first-order valence-corrected chi connectivity index (χ1v) is 7.21. The predicted molar refractivity (Wildman–Crippen MR) is 87.7 cm³/mol. The second kappa shape index (κ2) is 7.53. The SMILES string of the molecule is C#CCNC(=O)[C@@H](C)Nc1cnn(Cc2ccc(Cl)cc2)c1. The van der Waals surface area contributed by atoms with Gasteiger partial charge in [0, 0.05) is 11.2 Å². The molecule has 5 nitrogen and oxygen atoms in total. The molecule has 1 atom stereocenters. The van der Waals surface area contributed by atoms with Gasteiger partial charge < -0.3 is 10.6 Å². The maximum Gasteiger partial charge on any atom is 0.242 e. The highest BCUT2D eigenvalue weighted by Crippen LogP contribution is 2.12. The molecule has 1 amide bonds. The predicted octanol–water partition coefficient (Wildman–Crippen LogP) is 2.13. The molecule has 0 saturated heterocycles. The van der Waals surface area contributed by atoms with E-state index in [1.54, 1.807) is 17.8 Å². The molecule has 0 saturated carbocycles. The number of anilines is 1. The number of carbonyl (C=O) groups is 1. The average molecular weight is 317 g/mol. The number of amides is 1. The lowest BCUT2D eigenvalue weighted by atomic mass is 10.2. The summed E-state index contributed by atoms with van der Waals surface area (Å²) >= 11 is 5.86. The smallest absolute Gasteiger partial charge is 0.242 e. The number of nitrogens with one attached hydrogen (secondary N) is 2. The second-order valence-electron chi connectivity index (χ2n) is 4.84. The molecule has 22 heavy (non-hydrogen) atoms. The summed E-state index contributed by atoms with van der Waals surface area (Å²) in [5.41, 5.74) is 1.87. The zero-order valence-corrected chi connectivity index (χ0v) is 13.0. The number of hydrogen-bond donors (Lipinski definition) is 2. The van der Waals surface area contributed by atoms with Crippen LogP contribution in [-0.2, 0) is 11.3 Å². The molecule has 0 radical (unpaired) electrons. The van der Waals surface area contributed by atoms with E-state index in [9.17, 15) is 4.79 Å². The number of aromatic nitrogens is 2. The minimum Gasteiger partial charge on any atom is -0.371 e. The van der Waals surface area contributed by atoms with Crippen molar-refractivity contribution in [1.29, 1.82) is 0 Å². The average Bonchev–Trinajstić information content (AvgIpc) is 2.94. The van der Waals surface area contributed by atoms with Crippen molar-refractivity contribution in [2.24, 2.45) is 0 Å². The number of rotatable bonds is 6. The third-order valence-corrected chi connectivity index (χ3v) is 3.28. The number of hydrogen-bond acceptors (Lipinski definition) is 3. The number of terminal acetylenes is 1. The van der Waals surface area contributed by atoms with Gasteiger partial charge >= 0.3 is 0 Å². The number of carbonyl (C=O) groups excluding carboxylic acids is 1. The monoisotopic (exact) mass is 316 g/mol. The molecule has 114 valence electrons. The number of benzene rings is 1. The normalized spacial score (nSPS) is 11.5. The molecule has 0 spiro atoms. The summed E-state index contributed by atoms with van der Waals surface area (Å²) < 4.78 is 1.79. The molecule has 2 N–H and O–H groups in total. The summed E-state index contributed by atoms with van der Waals surface area (Å²) in [6.07, 6.45) is 8.64. The summed E-state index contributed by atoms with van der Waals surface area (Å²) in [6, 6.07) is 7.20. The first kappa shape index (κ1) is 15.9. The minimum atomic E-state index is -0.387. The lowest BCUT2D eigenvalue weighted by Crippen LogP contribution is -2.37. The van der Waals surface area contributed by atoms with Crippen molar-refractivity contribution in [2.75, 3.05) is 11.9 Å². The Morgan fingerprint density at radius 2 is 2.18 bits per heavy atom. The Labute approximate surface area is 134 Å². The fourth-order valence-electron chi connectivity index (χ4n) is 1.91. The van der Waals surface area contributed by atoms with Crippen molar-refractivity contribution in [3.8, 4) is 12.3 Å². The van der Waals surface area contributed by atoms with E-state index in [4.69, 9.17) is 18.0 Å². The van der Waals surface area contributed by atoms with Crippen LogP contribution in [0.15, 0.2) is 36.7 Å². The molecule has 0 bridgehead atoms. The van der Waals surface area contributed by atoms with Crippen LogP contribution in [0, 0.1) is 12.3 Å². The molecule has 0 aliphatic heterocycles. The summed E-state index contributed by atoms with van der Waals surface area (Å²) in [5.74, 6) is 2.22. The van der Waals surface area contributed by atoms with Crippen LogP contribution in [0.4, 0.5) is 5.69 Å². The zero-order valence-electron chi connectivity index (χ0n) is 12.2. The Morgan fingerprint density at radius 1 is 1.45 bits per heavy atom. The topological polar surface area (TPSA) is 59.0 Å². The summed E-state index contributed by atoms with van der Waals surface area (Å²) in [6.45, 7) is 2.62. The van der Waals surface area contributed by atoms with Crippen LogP contribution in [0.2, 0.25) is 5.02 Å². The van der Waals surface area contributed by atoms with Gasteiger partial charge in [0.05, 0.1) is 25.0 Å². The van der Waals surface area contributed by atoms with Gasteiger partial charge in [-0.05, 0) is 24.6 Å². The summed E-state index contributed by atoms with van der Waals surface area (Å²) in [7, 11) is 0. The van der Waals surface area contributed by atoms with Crippen LogP contribution >= 0.6 is 11.6 Å². The molecule has 0 aliphatic rings. The summed E-state index contributed by atoms with van der Waals surface area (Å²) in [4.78, 5) is 11.7. The molecule has 0 aliphatic carbocycles. The van der Waals surface area contributed by atoms with Crippen LogP contribution in [0.1, 0.15) is 12.5 Å². The van der Waals surface area contributed by atoms with Gasteiger partial charge in [-0.2, -0.15) is 5.10 Å². The molecule has 1 aromatic carbocycles. The maximum absolute atomic E-state index is 11.7. The fraction of sp³-hybridized carbons (Fsp3) is 0.250. The lowest BCUT2D eigenvalue weighted by molar-refractivity contribution is -0.121. The van der Waals surface area contributed by atoms with E-state index < -0.39 is 0 Å². The molecule has 2 aromatic rings. The molecule has 1 heterocycles. The Kier molecular flexibility index (Phi) is 5.45. The van der Waals surface area contributed by atoms with Crippen molar-refractivity contribution in [1.82, 2.24) is 15.1 Å². The van der Waals surface area contributed by atoms with E-state index in [-0.39, 0.29) is 18.5 Å². The minimum absolute atomic E-state index is 0.150. The molecule has 1 aromatic heterocycles. The van der Waals surface area contributed by atoms with E-state index in [1.165, 1.54) is 0 Å². The molecule has 0 fully saturated rings. The van der Waals surface area contributed by atoms with Gasteiger partial charge in [-0.15, -0.1) is 6.42 Å². The first-order chi connectivity index (χ1) is 10.6. The van der Waals surface area contributed by atoms with Gasteiger partial charge in [-0.25, -0.2) is 0 Å². The first-order valence-electron chi connectivity index (χ1n) is 6.83. The van der Waals surface area contributed by atoms with Gasteiger partial charge in [0.15, 0.2) is 0 Å². The van der Waals surface area contributed by atoms with Gasteiger partial charge in [0.2, 0.25) is 5.91 Å². The highest BCUT2D eigenvalue weighted by Gasteiger charge is 2.12. The highest BCUT2D eigenvalue weighted by molar-refractivity contribution is 6.30. The molecule has 0 unspecified atom stereocenters. The largest absolute Gasteiger partial charge is 0.371 e. The Hall–Kier alpha value is -2.45. The van der Waals surface area contributed by atoms with Crippen molar-refractivity contribution < 1.29 is 4.79 Å². The van der Waals surface area contributed by atoms with E-state index in [0.29, 0.717) is 11.6 Å². The lowest BCUT2D eigenvalue weighted by Gasteiger charge is -2.12. The molecular formula is C16H17ClN4O. The van der Waals surface area contributed by atoms with Crippen molar-refractivity contribution in [2.45, 2.75) is 19.5 Å². The van der Waals surface area contributed by atoms with Crippen molar-refractivity contribution >= 4 is 23.2 Å². The van der Waals surface area contributed by atoms with E-state index in [1.807, 2.05) is 30.5 Å². The number of nitrogens with zero attached hydrogens (tertiary/aromatic N) is 2. The van der Waals surface area contributed by atoms with Crippen LogP contribution in [0.5, 0.6) is 0 Å². The Morgan fingerprint density at radius 3 is 2.86 bits per heavy atom. The van der Waals surface area contributed by atoms with E-state index >= 15 is 0 Å². The third kappa shape index (κ3) is 4.54.